The van der Waals surface area contributed by atoms with E-state index in [1.54, 1.807) is 11.8 Å². The number of ether oxygens (including phenoxy) is 1. The highest BCUT2D eigenvalue weighted by molar-refractivity contribution is 5.81. The number of carbonyl (C=O) groups is 1. The quantitative estimate of drug-likeness (QED) is 0.800. The topological polar surface area (TPSA) is 55.6 Å². The molecule has 1 amide bonds. The Hall–Kier alpha value is -2.35. The van der Waals surface area contributed by atoms with E-state index in [0.29, 0.717) is 36.5 Å². The van der Waals surface area contributed by atoms with Gasteiger partial charge in [-0.3, -0.25) is 4.79 Å². The number of aromatic nitrogens is 1. The van der Waals surface area contributed by atoms with E-state index in [1.807, 2.05) is 13.8 Å². The summed E-state index contributed by atoms with van der Waals surface area (Å²) < 4.78 is 49.2. The van der Waals surface area contributed by atoms with E-state index < -0.39 is 17.8 Å². The fourth-order valence-electron chi connectivity index (χ4n) is 3.16. The Balaban J connectivity index is 1.81. The van der Waals surface area contributed by atoms with Gasteiger partial charge in [-0.05, 0) is 32.9 Å². The lowest BCUT2D eigenvalue weighted by Crippen LogP contribution is -2.42. The van der Waals surface area contributed by atoms with Gasteiger partial charge in [0, 0.05) is 24.1 Å². The highest BCUT2D eigenvalue weighted by Crippen LogP contribution is 2.33. The van der Waals surface area contributed by atoms with Gasteiger partial charge in [0.25, 0.3) is 5.91 Å². The predicted molar refractivity (Wildman–Crippen MR) is 91.7 cm³/mol. The smallest absolute Gasteiger partial charge is 0.366 e. The van der Waals surface area contributed by atoms with E-state index in [9.17, 15) is 18.0 Å². The van der Waals surface area contributed by atoms with Gasteiger partial charge in [-0.15, -0.1) is 0 Å². The molecule has 0 radical (unpaired) electrons. The van der Waals surface area contributed by atoms with Crippen molar-refractivity contribution in [3.63, 3.8) is 0 Å². The molecule has 0 fully saturated rings. The van der Waals surface area contributed by atoms with Gasteiger partial charge in [-0.1, -0.05) is 17.3 Å². The number of amides is 1. The molecule has 3 rings (SSSR count). The van der Waals surface area contributed by atoms with Gasteiger partial charge in [-0.2, -0.15) is 13.2 Å². The molecule has 8 heteroatoms. The standard InChI is InChI=1S/C19H21F3N2O3/c1-11(2)26-12(3)18(25)24-9-8-16-15(10-24)17(23-27-16)13-4-6-14(7-5-13)19(20,21)22/h4-7,11-12H,8-10H2,1-3H3. The Labute approximate surface area is 155 Å². The highest BCUT2D eigenvalue weighted by Gasteiger charge is 2.32. The maximum Gasteiger partial charge on any atom is 0.416 e. The normalized spacial score (nSPS) is 15.7. The van der Waals surface area contributed by atoms with E-state index in [2.05, 4.69) is 5.16 Å². The maximum absolute atomic E-state index is 12.8. The lowest BCUT2D eigenvalue weighted by atomic mass is 10.00. The Morgan fingerprint density at radius 2 is 1.89 bits per heavy atom. The maximum atomic E-state index is 12.8. The molecule has 0 N–H and O–H groups in total. The number of halogens is 3. The van der Waals surface area contributed by atoms with Crippen LogP contribution in [-0.4, -0.2) is 34.7 Å². The van der Waals surface area contributed by atoms with Gasteiger partial charge in [0.2, 0.25) is 0 Å². The molecule has 1 aliphatic rings. The molecule has 0 saturated heterocycles. The monoisotopic (exact) mass is 382 g/mol. The second-order valence-corrected chi connectivity index (χ2v) is 6.84. The summed E-state index contributed by atoms with van der Waals surface area (Å²) in [6.45, 7) is 6.21. The van der Waals surface area contributed by atoms with Gasteiger partial charge < -0.3 is 14.2 Å². The third-order valence-corrected chi connectivity index (χ3v) is 4.45. The van der Waals surface area contributed by atoms with E-state index in [1.165, 1.54) is 12.1 Å². The number of carbonyl (C=O) groups excluding carboxylic acids is 1. The predicted octanol–water partition coefficient (Wildman–Crippen LogP) is 4.06. The lowest BCUT2D eigenvalue weighted by Gasteiger charge is -2.29. The first kappa shape index (κ1) is 19.4. The molecule has 0 saturated carbocycles. The van der Waals surface area contributed by atoms with Crippen LogP contribution in [0.15, 0.2) is 28.8 Å². The van der Waals surface area contributed by atoms with Gasteiger partial charge in [0.05, 0.1) is 18.2 Å². The van der Waals surface area contributed by atoms with Crippen molar-refractivity contribution in [2.75, 3.05) is 6.54 Å². The number of alkyl halides is 3. The first-order valence-corrected chi connectivity index (χ1v) is 8.76. The molecule has 2 aromatic rings. The number of rotatable bonds is 4. The van der Waals surface area contributed by atoms with Gasteiger partial charge in [0.1, 0.15) is 17.6 Å². The van der Waals surface area contributed by atoms with Gasteiger partial charge >= 0.3 is 6.18 Å². The van der Waals surface area contributed by atoms with Crippen molar-refractivity contribution in [2.24, 2.45) is 0 Å². The summed E-state index contributed by atoms with van der Waals surface area (Å²) >= 11 is 0. The summed E-state index contributed by atoms with van der Waals surface area (Å²) in [6, 6.07) is 4.76. The Morgan fingerprint density at radius 3 is 2.48 bits per heavy atom. The Morgan fingerprint density at radius 1 is 1.22 bits per heavy atom. The summed E-state index contributed by atoms with van der Waals surface area (Å²) in [5.74, 6) is 0.528. The second kappa shape index (κ2) is 7.34. The van der Waals surface area contributed by atoms with Crippen LogP contribution in [0.2, 0.25) is 0 Å². The SMILES string of the molecule is CC(C)OC(C)C(=O)N1CCc2onc(-c3ccc(C(F)(F)F)cc3)c2C1. The number of benzene rings is 1. The fourth-order valence-corrected chi connectivity index (χ4v) is 3.16. The first-order chi connectivity index (χ1) is 12.7. The van der Waals surface area contributed by atoms with Crippen LogP contribution in [0, 0.1) is 0 Å². The Kier molecular flexibility index (Phi) is 5.28. The van der Waals surface area contributed by atoms with Crippen molar-refractivity contribution in [3.05, 3.63) is 41.2 Å². The molecule has 27 heavy (non-hydrogen) atoms. The van der Waals surface area contributed by atoms with Crippen molar-refractivity contribution in [3.8, 4) is 11.3 Å². The number of fused-ring (bicyclic) bond motifs is 1. The van der Waals surface area contributed by atoms with Crippen LogP contribution in [0.3, 0.4) is 0 Å². The summed E-state index contributed by atoms with van der Waals surface area (Å²) in [4.78, 5) is 14.3. The summed E-state index contributed by atoms with van der Waals surface area (Å²) in [5, 5.41) is 4.02. The van der Waals surface area contributed by atoms with E-state index >= 15 is 0 Å². The minimum atomic E-state index is -4.39. The van der Waals surface area contributed by atoms with Crippen molar-refractivity contribution < 1.29 is 27.2 Å². The van der Waals surface area contributed by atoms with Crippen LogP contribution in [0.4, 0.5) is 13.2 Å². The average molecular weight is 382 g/mol. The van der Waals surface area contributed by atoms with Crippen molar-refractivity contribution in [2.45, 2.75) is 52.1 Å². The minimum Gasteiger partial charge on any atom is -0.366 e. The van der Waals surface area contributed by atoms with Crippen LogP contribution in [0.1, 0.15) is 37.7 Å². The van der Waals surface area contributed by atoms with E-state index in [0.717, 1.165) is 17.7 Å². The van der Waals surface area contributed by atoms with Crippen molar-refractivity contribution in [1.29, 1.82) is 0 Å². The highest BCUT2D eigenvalue weighted by atomic mass is 19.4. The summed E-state index contributed by atoms with van der Waals surface area (Å²) in [7, 11) is 0. The largest absolute Gasteiger partial charge is 0.416 e. The molecular weight excluding hydrogens is 361 g/mol. The van der Waals surface area contributed by atoms with Gasteiger partial charge in [-0.25, -0.2) is 0 Å². The third kappa shape index (κ3) is 4.16. The summed E-state index contributed by atoms with van der Waals surface area (Å²) in [6.07, 6.45) is -4.52. The molecule has 1 atom stereocenters. The minimum absolute atomic E-state index is 0.0670. The fraction of sp³-hybridized carbons (Fsp3) is 0.474. The molecule has 1 aromatic carbocycles. The molecule has 1 aliphatic heterocycles. The van der Waals surface area contributed by atoms with Crippen LogP contribution < -0.4 is 0 Å². The zero-order valence-electron chi connectivity index (χ0n) is 15.3. The van der Waals surface area contributed by atoms with Crippen molar-refractivity contribution in [1.82, 2.24) is 10.1 Å². The number of nitrogens with zero attached hydrogens (tertiary/aromatic N) is 2. The molecule has 5 nitrogen and oxygen atoms in total. The first-order valence-electron chi connectivity index (χ1n) is 8.76. The molecule has 1 unspecified atom stereocenters. The van der Waals surface area contributed by atoms with Crippen LogP contribution in [0.25, 0.3) is 11.3 Å². The van der Waals surface area contributed by atoms with Crippen molar-refractivity contribution >= 4 is 5.91 Å². The zero-order chi connectivity index (χ0) is 19.8. The summed E-state index contributed by atoms with van der Waals surface area (Å²) in [5.41, 5.74) is 0.994. The lowest BCUT2D eigenvalue weighted by molar-refractivity contribution is -0.146. The van der Waals surface area contributed by atoms with Crippen LogP contribution in [-0.2, 0) is 28.7 Å². The number of hydrogen-bond donors (Lipinski definition) is 0. The zero-order valence-corrected chi connectivity index (χ0v) is 15.3. The number of hydrogen-bond acceptors (Lipinski definition) is 4. The Bertz CT molecular complexity index is 813. The molecule has 2 heterocycles. The second-order valence-electron chi connectivity index (χ2n) is 6.84. The van der Waals surface area contributed by atoms with Gasteiger partial charge in [0.15, 0.2) is 0 Å². The van der Waals surface area contributed by atoms with E-state index in [-0.39, 0.29) is 12.0 Å². The van der Waals surface area contributed by atoms with E-state index in [4.69, 9.17) is 9.26 Å². The molecule has 1 aromatic heterocycles. The molecule has 146 valence electrons. The molecule has 0 aliphatic carbocycles. The van der Waals surface area contributed by atoms with Crippen LogP contribution in [0.5, 0.6) is 0 Å². The average Bonchev–Trinajstić information content (AvgIpc) is 3.03. The third-order valence-electron chi connectivity index (χ3n) is 4.45. The molecule has 0 spiro atoms. The molecule has 0 bridgehead atoms. The molecular formula is C19H21F3N2O3. The van der Waals surface area contributed by atoms with Crippen LogP contribution >= 0.6 is 0 Å².